The van der Waals surface area contributed by atoms with E-state index in [0.717, 1.165) is 42.0 Å². The Hall–Kier alpha value is -3.65. The van der Waals surface area contributed by atoms with Crippen LogP contribution in [0.5, 0.6) is 5.75 Å². The molecule has 4 aromatic rings. The number of carbonyl (C=O) groups is 1. The van der Waals surface area contributed by atoms with Crippen molar-refractivity contribution in [3.8, 4) is 11.4 Å². The Labute approximate surface area is 208 Å². The molecule has 0 bridgehead atoms. The number of piperidine rings is 1. The molecule has 3 heterocycles. The maximum atomic E-state index is 13.5. The van der Waals surface area contributed by atoms with E-state index in [1.165, 1.54) is 11.3 Å². The molecule has 35 heavy (non-hydrogen) atoms. The number of anilines is 1. The average molecular weight is 489 g/mol. The number of thiophene rings is 1. The summed E-state index contributed by atoms with van der Waals surface area (Å²) in [6, 6.07) is 17.4. The molecular formula is C27H28N4O3S. The Morgan fingerprint density at radius 1 is 1.17 bits per heavy atom. The van der Waals surface area contributed by atoms with Crippen LogP contribution in [0.4, 0.5) is 5.95 Å². The molecule has 1 aliphatic heterocycles. The van der Waals surface area contributed by atoms with Gasteiger partial charge in [-0.1, -0.05) is 35.9 Å². The number of hydrogen-bond acceptors (Lipinski definition) is 6. The van der Waals surface area contributed by atoms with Crippen molar-refractivity contribution in [1.82, 2.24) is 14.9 Å². The molecule has 1 unspecified atom stereocenters. The van der Waals surface area contributed by atoms with Crippen molar-refractivity contribution >= 4 is 33.4 Å². The average Bonchev–Trinajstić information content (AvgIpc) is 3.37. The number of fused-ring (bicyclic) bond motifs is 1. The van der Waals surface area contributed by atoms with Crippen LogP contribution < -0.4 is 20.5 Å². The van der Waals surface area contributed by atoms with E-state index in [4.69, 9.17) is 9.72 Å². The first-order valence-electron chi connectivity index (χ1n) is 11.8. The lowest BCUT2D eigenvalue weighted by Gasteiger charge is -2.34. The van der Waals surface area contributed by atoms with E-state index < -0.39 is 0 Å². The van der Waals surface area contributed by atoms with Gasteiger partial charge in [-0.25, -0.2) is 9.55 Å². The van der Waals surface area contributed by atoms with Crippen LogP contribution >= 0.6 is 11.3 Å². The third kappa shape index (κ3) is 4.66. The zero-order valence-electron chi connectivity index (χ0n) is 19.9. The summed E-state index contributed by atoms with van der Waals surface area (Å²) in [5.74, 6) is 1.15. The number of amides is 1. The molecule has 8 heteroatoms. The molecule has 1 fully saturated rings. The maximum Gasteiger partial charge on any atom is 0.277 e. The molecule has 1 saturated heterocycles. The highest BCUT2D eigenvalue weighted by Crippen LogP contribution is 2.27. The summed E-state index contributed by atoms with van der Waals surface area (Å²) in [4.78, 5) is 33.6. The molecule has 1 N–H and O–H groups in total. The molecule has 5 rings (SSSR count). The fraction of sp³-hybridized carbons (Fsp3) is 0.296. The standard InChI is InChI=1S/C27H28N4O3S/c1-18-9-11-21(12-10-18)31-26(33)24-22(13-15-35-24)29-27(31)30-14-5-7-20(17-30)25(32)28-16-19-6-3-4-8-23(19)34-2/h3-4,6,8-13,15,20H,5,7,14,16-17H2,1-2H3,(H,28,32). The van der Waals surface area contributed by atoms with Crippen LogP contribution in [-0.2, 0) is 11.3 Å². The number of para-hydroxylation sites is 1. The molecule has 2 aromatic heterocycles. The molecule has 2 aromatic carbocycles. The lowest BCUT2D eigenvalue weighted by molar-refractivity contribution is -0.125. The van der Waals surface area contributed by atoms with E-state index in [1.807, 2.05) is 66.9 Å². The largest absolute Gasteiger partial charge is 0.496 e. The molecule has 0 radical (unpaired) electrons. The first-order valence-corrected chi connectivity index (χ1v) is 12.6. The zero-order chi connectivity index (χ0) is 24.4. The lowest BCUT2D eigenvalue weighted by atomic mass is 9.97. The Bertz CT molecular complexity index is 1410. The van der Waals surface area contributed by atoms with Gasteiger partial charge < -0.3 is 15.0 Å². The van der Waals surface area contributed by atoms with Crippen LogP contribution in [0.1, 0.15) is 24.0 Å². The Balaban J connectivity index is 1.42. The Morgan fingerprint density at radius 3 is 2.77 bits per heavy atom. The highest BCUT2D eigenvalue weighted by Gasteiger charge is 2.29. The molecule has 180 valence electrons. The summed E-state index contributed by atoms with van der Waals surface area (Å²) in [5, 5.41) is 4.97. The number of benzene rings is 2. The highest BCUT2D eigenvalue weighted by atomic mass is 32.1. The number of ether oxygens (including phenoxy) is 1. The smallest absolute Gasteiger partial charge is 0.277 e. The van der Waals surface area contributed by atoms with Gasteiger partial charge in [0.25, 0.3) is 5.56 Å². The summed E-state index contributed by atoms with van der Waals surface area (Å²) in [6.07, 6.45) is 1.64. The van der Waals surface area contributed by atoms with Crippen LogP contribution in [-0.4, -0.2) is 35.7 Å². The minimum absolute atomic E-state index is 0.00134. The van der Waals surface area contributed by atoms with E-state index in [0.29, 0.717) is 29.3 Å². The van der Waals surface area contributed by atoms with Gasteiger partial charge in [0.2, 0.25) is 11.9 Å². The normalized spacial score (nSPS) is 15.8. The number of aromatic nitrogens is 2. The van der Waals surface area contributed by atoms with Gasteiger partial charge in [0.1, 0.15) is 10.4 Å². The van der Waals surface area contributed by atoms with Crippen molar-refractivity contribution in [3.05, 3.63) is 81.5 Å². The molecule has 1 atom stereocenters. The molecule has 1 amide bonds. The molecule has 0 saturated carbocycles. The number of aryl methyl sites for hydroxylation is 1. The second-order valence-corrected chi connectivity index (χ2v) is 9.75. The Kier molecular flexibility index (Phi) is 6.55. The third-order valence-electron chi connectivity index (χ3n) is 6.48. The van der Waals surface area contributed by atoms with Gasteiger partial charge in [-0.2, -0.15) is 0 Å². The molecular weight excluding hydrogens is 460 g/mol. The highest BCUT2D eigenvalue weighted by molar-refractivity contribution is 7.17. The monoisotopic (exact) mass is 488 g/mol. The van der Waals surface area contributed by atoms with Gasteiger partial charge in [-0.3, -0.25) is 9.59 Å². The number of nitrogens with zero attached hydrogens (tertiary/aromatic N) is 3. The minimum Gasteiger partial charge on any atom is -0.496 e. The van der Waals surface area contributed by atoms with Crippen LogP contribution in [0.25, 0.3) is 15.9 Å². The summed E-state index contributed by atoms with van der Waals surface area (Å²) >= 11 is 1.41. The summed E-state index contributed by atoms with van der Waals surface area (Å²) < 4.78 is 7.73. The van der Waals surface area contributed by atoms with E-state index in [2.05, 4.69) is 10.2 Å². The zero-order valence-corrected chi connectivity index (χ0v) is 20.7. The van der Waals surface area contributed by atoms with Crippen LogP contribution in [0.2, 0.25) is 0 Å². The molecule has 1 aliphatic rings. The van der Waals surface area contributed by atoms with Crippen LogP contribution in [0.3, 0.4) is 0 Å². The summed E-state index contributed by atoms with van der Waals surface area (Å²) in [5.41, 5.74) is 3.46. The number of nitrogens with one attached hydrogen (secondary N) is 1. The summed E-state index contributed by atoms with van der Waals surface area (Å²) in [6.45, 7) is 3.68. The number of carbonyl (C=O) groups excluding carboxylic acids is 1. The van der Waals surface area contributed by atoms with Crippen molar-refractivity contribution in [1.29, 1.82) is 0 Å². The first-order chi connectivity index (χ1) is 17.0. The molecule has 0 aliphatic carbocycles. The third-order valence-corrected chi connectivity index (χ3v) is 7.37. The van der Waals surface area contributed by atoms with Gasteiger partial charge in [-0.05, 0) is 49.4 Å². The van der Waals surface area contributed by atoms with Gasteiger partial charge in [0.15, 0.2) is 0 Å². The van der Waals surface area contributed by atoms with Crippen molar-refractivity contribution in [2.24, 2.45) is 5.92 Å². The number of methoxy groups -OCH3 is 1. The second-order valence-electron chi connectivity index (χ2n) is 8.84. The van der Waals surface area contributed by atoms with Crippen molar-refractivity contribution in [3.63, 3.8) is 0 Å². The predicted octanol–water partition coefficient (Wildman–Crippen LogP) is 4.30. The minimum atomic E-state index is -0.194. The van der Waals surface area contributed by atoms with Crippen LogP contribution in [0, 0.1) is 12.8 Å². The van der Waals surface area contributed by atoms with Gasteiger partial charge in [-0.15, -0.1) is 11.3 Å². The lowest BCUT2D eigenvalue weighted by Crippen LogP contribution is -2.45. The molecule has 0 spiro atoms. The predicted molar refractivity (Wildman–Crippen MR) is 140 cm³/mol. The van der Waals surface area contributed by atoms with E-state index in [1.54, 1.807) is 11.7 Å². The first kappa shape index (κ1) is 23.1. The quantitative estimate of drug-likeness (QED) is 0.438. The number of hydrogen-bond donors (Lipinski definition) is 1. The second kappa shape index (κ2) is 9.92. The van der Waals surface area contributed by atoms with Crippen LogP contribution in [0.15, 0.2) is 64.8 Å². The topological polar surface area (TPSA) is 76.5 Å². The maximum absolute atomic E-state index is 13.5. The van der Waals surface area contributed by atoms with Gasteiger partial charge >= 0.3 is 0 Å². The fourth-order valence-corrected chi connectivity index (χ4v) is 5.35. The SMILES string of the molecule is COc1ccccc1CNC(=O)C1CCCN(c2nc3ccsc3c(=O)n2-c2ccc(C)cc2)C1. The van der Waals surface area contributed by atoms with E-state index in [9.17, 15) is 9.59 Å². The number of rotatable bonds is 6. The molecule has 7 nitrogen and oxygen atoms in total. The van der Waals surface area contributed by atoms with Crippen molar-refractivity contribution in [2.45, 2.75) is 26.3 Å². The van der Waals surface area contributed by atoms with E-state index in [-0.39, 0.29) is 17.4 Å². The summed E-state index contributed by atoms with van der Waals surface area (Å²) in [7, 11) is 1.63. The van der Waals surface area contributed by atoms with Gasteiger partial charge in [0.05, 0.1) is 24.2 Å². The van der Waals surface area contributed by atoms with Crippen molar-refractivity contribution in [2.75, 3.05) is 25.1 Å². The Morgan fingerprint density at radius 2 is 1.97 bits per heavy atom. The fourth-order valence-electron chi connectivity index (χ4n) is 4.59. The van der Waals surface area contributed by atoms with Gasteiger partial charge in [0, 0.05) is 25.2 Å². The van der Waals surface area contributed by atoms with E-state index >= 15 is 0 Å². The van der Waals surface area contributed by atoms with Crippen molar-refractivity contribution < 1.29 is 9.53 Å².